The van der Waals surface area contributed by atoms with Crippen LogP contribution in [0.15, 0.2) is 117 Å². The summed E-state index contributed by atoms with van der Waals surface area (Å²) in [5.41, 5.74) is 0.965. The van der Waals surface area contributed by atoms with Gasteiger partial charge in [0.1, 0.15) is 11.5 Å². The maximum absolute atomic E-state index is 13.2. The first-order valence-corrected chi connectivity index (χ1v) is 12.3. The summed E-state index contributed by atoms with van der Waals surface area (Å²) in [7, 11) is 0. The molecule has 0 amide bonds. The van der Waals surface area contributed by atoms with E-state index in [9.17, 15) is 4.79 Å². The third kappa shape index (κ3) is 7.90. The van der Waals surface area contributed by atoms with Crippen molar-refractivity contribution in [3.8, 4) is 0 Å². The Morgan fingerprint density at radius 1 is 1.09 bits per heavy atom. The number of allylic oxidation sites excluding steroid dienone is 7. The molecule has 0 heterocycles. The lowest BCUT2D eigenvalue weighted by atomic mass is 10.0. The highest BCUT2D eigenvalue weighted by molar-refractivity contribution is 8.03. The second-order valence-electron chi connectivity index (χ2n) is 6.99. The van der Waals surface area contributed by atoms with Crippen LogP contribution in [0.4, 0.5) is 0 Å². The third-order valence-corrected chi connectivity index (χ3v) is 6.65. The second-order valence-corrected chi connectivity index (χ2v) is 9.79. The molecule has 0 fully saturated rings. The first-order chi connectivity index (χ1) is 15.5. The van der Waals surface area contributed by atoms with Gasteiger partial charge in [0.15, 0.2) is 0 Å². The van der Waals surface area contributed by atoms with E-state index >= 15 is 0 Å². The van der Waals surface area contributed by atoms with Gasteiger partial charge in [0, 0.05) is 32.6 Å². The van der Waals surface area contributed by atoms with Crippen molar-refractivity contribution in [1.82, 2.24) is 0 Å². The Kier molecular flexibility index (Phi) is 9.47. The SMILES string of the molecule is C=C(C)O/N=C(\CCSc1ccc(Cl)cc1)C(=O)C1=CC=C(Sc2ccccc2)CC=C1. The number of Topliss-reactive ketones (excluding diaryl/α,β-unsaturated/α-hetero) is 1. The molecule has 0 saturated heterocycles. The van der Waals surface area contributed by atoms with Crippen molar-refractivity contribution in [2.75, 3.05) is 5.75 Å². The maximum Gasteiger partial charge on any atom is 0.210 e. The van der Waals surface area contributed by atoms with Gasteiger partial charge in [-0.2, -0.15) is 0 Å². The molecule has 1 aliphatic rings. The Hall–Kier alpha value is -2.47. The summed E-state index contributed by atoms with van der Waals surface area (Å²) < 4.78 is 0. The molecule has 2 aromatic rings. The van der Waals surface area contributed by atoms with Crippen LogP contribution in [0.1, 0.15) is 19.8 Å². The van der Waals surface area contributed by atoms with Crippen LogP contribution >= 0.6 is 35.1 Å². The van der Waals surface area contributed by atoms with Crippen LogP contribution < -0.4 is 0 Å². The second kappa shape index (κ2) is 12.5. The molecule has 0 bridgehead atoms. The third-order valence-electron chi connectivity index (χ3n) is 4.31. The van der Waals surface area contributed by atoms with E-state index in [-0.39, 0.29) is 5.78 Å². The summed E-state index contributed by atoms with van der Waals surface area (Å²) in [6.45, 7) is 5.40. The Bertz CT molecular complexity index is 1070. The van der Waals surface area contributed by atoms with Crippen LogP contribution in [0.3, 0.4) is 0 Å². The molecule has 2 aromatic carbocycles. The van der Waals surface area contributed by atoms with E-state index in [0.29, 0.717) is 34.2 Å². The van der Waals surface area contributed by atoms with E-state index in [1.807, 2.05) is 66.8 Å². The lowest BCUT2D eigenvalue weighted by Crippen LogP contribution is -2.17. The number of carbonyl (C=O) groups excluding carboxylic acids is 1. The van der Waals surface area contributed by atoms with E-state index in [1.165, 1.54) is 9.80 Å². The Balaban J connectivity index is 1.69. The number of rotatable bonds is 10. The monoisotopic (exact) mass is 481 g/mol. The molecule has 0 spiro atoms. The minimum atomic E-state index is -0.138. The predicted molar refractivity (Wildman–Crippen MR) is 137 cm³/mol. The van der Waals surface area contributed by atoms with E-state index in [4.69, 9.17) is 16.4 Å². The summed E-state index contributed by atoms with van der Waals surface area (Å²) in [6, 6.07) is 17.8. The summed E-state index contributed by atoms with van der Waals surface area (Å²) in [5, 5.41) is 4.79. The average molecular weight is 482 g/mol. The zero-order valence-electron chi connectivity index (χ0n) is 17.8. The fourth-order valence-corrected chi connectivity index (χ4v) is 4.67. The molecule has 3 rings (SSSR count). The number of benzene rings is 2. The van der Waals surface area contributed by atoms with Crippen molar-refractivity contribution in [2.45, 2.75) is 29.6 Å². The van der Waals surface area contributed by atoms with Gasteiger partial charge in [-0.15, -0.1) is 11.8 Å². The molecular formula is C26H24ClNO2S2. The molecule has 6 heteroatoms. The van der Waals surface area contributed by atoms with Crippen molar-refractivity contribution in [3.63, 3.8) is 0 Å². The van der Waals surface area contributed by atoms with Crippen LogP contribution in [0.25, 0.3) is 0 Å². The zero-order valence-corrected chi connectivity index (χ0v) is 20.2. The highest BCUT2D eigenvalue weighted by atomic mass is 35.5. The number of thioether (sulfide) groups is 2. The molecule has 3 nitrogen and oxygen atoms in total. The number of nitrogens with zero attached hydrogens (tertiary/aromatic N) is 1. The zero-order chi connectivity index (χ0) is 22.8. The van der Waals surface area contributed by atoms with Crippen molar-refractivity contribution in [3.05, 3.63) is 107 Å². The number of hydrogen-bond donors (Lipinski definition) is 0. The van der Waals surface area contributed by atoms with Crippen molar-refractivity contribution < 1.29 is 9.63 Å². The van der Waals surface area contributed by atoms with Crippen molar-refractivity contribution in [1.29, 1.82) is 0 Å². The van der Waals surface area contributed by atoms with Gasteiger partial charge in [-0.3, -0.25) is 4.79 Å². The van der Waals surface area contributed by atoms with Crippen LogP contribution in [0.2, 0.25) is 5.02 Å². The molecular weight excluding hydrogens is 458 g/mol. The molecule has 0 aliphatic heterocycles. The molecule has 0 saturated carbocycles. The van der Waals surface area contributed by atoms with Crippen LogP contribution in [0.5, 0.6) is 0 Å². The summed E-state index contributed by atoms with van der Waals surface area (Å²) in [4.78, 5) is 21.9. The van der Waals surface area contributed by atoms with E-state index in [1.54, 1.807) is 30.4 Å². The van der Waals surface area contributed by atoms with Gasteiger partial charge in [0.2, 0.25) is 5.78 Å². The van der Waals surface area contributed by atoms with Gasteiger partial charge < -0.3 is 4.84 Å². The van der Waals surface area contributed by atoms with E-state index in [0.717, 1.165) is 11.3 Å². The minimum Gasteiger partial charge on any atom is -0.362 e. The highest BCUT2D eigenvalue weighted by Crippen LogP contribution is 2.30. The quantitative estimate of drug-likeness (QED) is 0.150. The number of carbonyl (C=O) groups is 1. The fourth-order valence-electron chi connectivity index (χ4n) is 2.77. The van der Waals surface area contributed by atoms with Gasteiger partial charge in [-0.05, 0) is 54.6 Å². The van der Waals surface area contributed by atoms with Gasteiger partial charge >= 0.3 is 0 Å². The minimum absolute atomic E-state index is 0.138. The normalized spacial score (nSPS) is 13.8. The molecule has 0 N–H and O–H groups in total. The maximum atomic E-state index is 13.2. The molecule has 0 unspecified atom stereocenters. The molecule has 0 radical (unpaired) electrons. The van der Waals surface area contributed by atoms with Crippen LogP contribution in [-0.4, -0.2) is 17.2 Å². The molecule has 164 valence electrons. The highest BCUT2D eigenvalue weighted by Gasteiger charge is 2.17. The first kappa shape index (κ1) is 24.2. The standard InChI is InChI=1S/C26H24ClNO2S2/c1-19(2)30-28-25(17-18-31-22-15-12-21(27)13-16-22)26(29)20-7-6-10-24(14-11-20)32-23-8-4-3-5-9-23/h3-9,11-16H,1,10,17-18H2,2H3/b28-25+. The topological polar surface area (TPSA) is 38.7 Å². The first-order valence-electron chi connectivity index (χ1n) is 10.1. The van der Waals surface area contributed by atoms with Gasteiger partial charge in [0.05, 0.1) is 0 Å². The Morgan fingerprint density at radius 2 is 1.84 bits per heavy atom. The lowest BCUT2D eigenvalue weighted by Gasteiger charge is -2.07. The summed E-state index contributed by atoms with van der Waals surface area (Å²) in [5.74, 6) is 0.988. The predicted octanol–water partition coefficient (Wildman–Crippen LogP) is 7.86. The smallest absolute Gasteiger partial charge is 0.210 e. The van der Waals surface area contributed by atoms with E-state index < -0.39 is 0 Å². The van der Waals surface area contributed by atoms with Gasteiger partial charge in [0.25, 0.3) is 0 Å². The Morgan fingerprint density at radius 3 is 2.56 bits per heavy atom. The van der Waals surface area contributed by atoms with E-state index in [2.05, 4.69) is 23.9 Å². The largest absolute Gasteiger partial charge is 0.362 e. The van der Waals surface area contributed by atoms with Crippen LogP contribution in [0, 0.1) is 0 Å². The fraction of sp³-hybridized carbons (Fsp3) is 0.154. The number of ketones is 1. The average Bonchev–Trinajstić information content (AvgIpc) is 3.03. The molecule has 32 heavy (non-hydrogen) atoms. The number of halogens is 1. The number of hydrogen-bond acceptors (Lipinski definition) is 5. The van der Waals surface area contributed by atoms with Crippen molar-refractivity contribution >= 4 is 46.6 Å². The van der Waals surface area contributed by atoms with Crippen molar-refractivity contribution in [2.24, 2.45) is 5.16 Å². The van der Waals surface area contributed by atoms with Gasteiger partial charge in [-0.25, -0.2) is 0 Å². The number of oxime groups is 1. The van der Waals surface area contributed by atoms with Gasteiger partial charge in [-0.1, -0.05) is 77.6 Å². The summed E-state index contributed by atoms with van der Waals surface area (Å²) >= 11 is 9.29. The summed E-state index contributed by atoms with van der Waals surface area (Å²) in [6.07, 6.45) is 8.98. The molecule has 0 aromatic heterocycles. The lowest BCUT2D eigenvalue weighted by molar-refractivity contribution is -0.109. The Labute approximate surface area is 203 Å². The molecule has 0 atom stereocenters. The van der Waals surface area contributed by atoms with Crippen LogP contribution in [-0.2, 0) is 9.63 Å². The molecule has 1 aliphatic carbocycles.